The van der Waals surface area contributed by atoms with Gasteiger partial charge in [0, 0.05) is 36.3 Å². The van der Waals surface area contributed by atoms with Crippen molar-refractivity contribution in [2.75, 3.05) is 6.54 Å². The highest BCUT2D eigenvalue weighted by atomic mass is 32.1. The maximum absolute atomic E-state index is 12.9. The van der Waals surface area contributed by atoms with Gasteiger partial charge in [-0.1, -0.05) is 30.3 Å². The Kier molecular flexibility index (Phi) is 3.69. The van der Waals surface area contributed by atoms with E-state index in [4.69, 9.17) is 0 Å². The van der Waals surface area contributed by atoms with Gasteiger partial charge in [-0.15, -0.1) is 11.3 Å². The van der Waals surface area contributed by atoms with Crippen molar-refractivity contribution in [3.05, 3.63) is 57.2 Å². The molecule has 3 heterocycles. The molecule has 1 amide bonds. The second kappa shape index (κ2) is 5.87. The van der Waals surface area contributed by atoms with Crippen molar-refractivity contribution in [1.82, 2.24) is 20.1 Å². The zero-order valence-electron chi connectivity index (χ0n) is 13.7. The summed E-state index contributed by atoms with van der Waals surface area (Å²) in [6.45, 7) is 5.13. The van der Waals surface area contributed by atoms with Crippen molar-refractivity contribution in [1.29, 1.82) is 0 Å². The number of hydrogen-bond acceptors (Lipinski definition) is 4. The highest BCUT2D eigenvalue weighted by Gasteiger charge is 2.28. The minimum atomic E-state index is 0.0731. The van der Waals surface area contributed by atoms with Crippen LogP contribution in [0.1, 0.15) is 31.6 Å². The molecule has 0 aliphatic carbocycles. The Hall–Kier alpha value is -2.47. The van der Waals surface area contributed by atoms with E-state index in [-0.39, 0.29) is 5.91 Å². The Bertz CT molecular complexity index is 897. The maximum Gasteiger partial charge on any atom is 0.266 e. The minimum absolute atomic E-state index is 0.0731. The zero-order valence-corrected chi connectivity index (χ0v) is 14.5. The van der Waals surface area contributed by atoms with Crippen LogP contribution in [0.4, 0.5) is 0 Å². The van der Waals surface area contributed by atoms with Gasteiger partial charge < -0.3 is 4.90 Å². The SMILES string of the molecule is Cc1nc(C)c(C(=O)N2CCc3[nH]nc(-c4ccccc4)c3C2)s1. The fourth-order valence-corrected chi connectivity index (χ4v) is 4.06. The van der Waals surface area contributed by atoms with E-state index in [2.05, 4.69) is 15.2 Å². The molecule has 0 saturated carbocycles. The standard InChI is InChI=1S/C18H18N4OS/c1-11-17(24-12(2)19-11)18(23)22-9-8-15-14(10-22)16(21-20-15)13-6-4-3-5-7-13/h3-7H,8-10H2,1-2H3,(H,20,21). The van der Waals surface area contributed by atoms with Gasteiger partial charge in [-0.05, 0) is 13.8 Å². The summed E-state index contributed by atoms with van der Waals surface area (Å²) in [5.74, 6) is 0.0731. The molecule has 0 saturated heterocycles. The average molecular weight is 338 g/mol. The lowest BCUT2D eigenvalue weighted by atomic mass is 10.0. The Morgan fingerprint density at radius 2 is 2.04 bits per heavy atom. The van der Waals surface area contributed by atoms with Crippen molar-refractivity contribution in [2.45, 2.75) is 26.8 Å². The Morgan fingerprint density at radius 3 is 2.75 bits per heavy atom. The number of carbonyl (C=O) groups is 1. The highest BCUT2D eigenvalue weighted by molar-refractivity contribution is 7.13. The molecular weight excluding hydrogens is 320 g/mol. The van der Waals surface area contributed by atoms with E-state index < -0.39 is 0 Å². The van der Waals surface area contributed by atoms with Crippen LogP contribution in [0.3, 0.4) is 0 Å². The molecule has 1 N–H and O–H groups in total. The van der Waals surface area contributed by atoms with Gasteiger partial charge in [0.1, 0.15) is 4.88 Å². The maximum atomic E-state index is 12.9. The molecule has 4 rings (SSSR count). The highest BCUT2D eigenvalue weighted by Crippen LogP contribution is 2.29. The first-order chi connectivity index (χ1) is 11.6. The third-order valence-electron chi connectivity index (χ3n) is 4.37. The molecule has 0 atom stereocenters. The molecule has 5 nitrogen and oxygen atoms in total. The second-order valence-corrected chi connectivity index (χ2v) is 7.22. The molecule has 6 heteroatoms. The fraction of sp³-hybridized carbons (Fsp3) is 0.278. The van der Waals surface area contributed by atoms with Gasteiger partial charge in [0.2, 0.25) is 0 Å². The van der Waals surface area contributed by atoms with Gasteiger partial charge in [-0.3, -0.25) is 9.89 Å². The number of rotatable bonds is 2. The first kappa shape index (κ1) is 15.1. The number of benzene rings is 1. The molecule has 122 valence electrons. The number of carbonyl (C=O) groups excluding carboxylic acids is 1. The minimum Gasteiger partial charge on any atom is -0.333 e. The van der Waals surface area contributed by atoms with E-state index in [1.54, 1.807) is 0 Å². The van der Waals surface area contributed by atoms with E-state index in [1.807, 2.05) is 49.1 Å². The molecule has 1 aromatic carbocycles. The number of aryl methyl sites for hydroxylation is 2. The summed E-state index contributed by atoms with van der Waals surface area (Å²) in [7, 11) is 0. The summed E-state index contributed by atoms with van der Waals surface area (Å²) in [5, 5.41) is 8.56. The zero-order chi connectivity index (χ0) is 16.7. The predicted octanol–water partition coefficient (Wildman–Crippen LogP) is 3.35. The van der Waals surface area contributed by atoms with Crippen molar-refractivity contribution >= 4 is 17.2 Å². The number of aromatic nitrogens is 3. The van der Waals surface area contributed by atoms with E-state index in [9.17, 15) is 4.79 Å². The number of fused-ring (bicyclic) bond motifs is 1. The van der Waals surface area contributed by atoms with Crippen LogP contribution in [0.25, 0.3) is 11.3 Å². The Morgan fingerprint density at radius 1 is 1.25 bits per heavy atom. The number of aromatic amines is 1. The van der Waals surface area contributed by atoms with Crippen LogP contribution in [-0.4, -0.2) is 32.5 Å². The first-order valence-electron chi connectivity index (χ1n) is 7.98. The summed E-state index contributed by atoms with van der Waals surface area (Å²) in [4.78, 5) is 19.9. The molecule has 0 fully saturated rings. The molecule has 0 spiro atoms. The largest absolute Gasteiger partial charge is 0.333 e. The number of amides is 1. The molecule has 0 unspecified atom stereocenters. The van der Waals surface area contributed by atoms with Crippen LogP contribution in [0.15, 0.2) is 30.3 Å². The van der Waals surface area contributed by atoms with Crippen LogP contribution in [-0.2, 0) is 13.0 Å². The lowest BCUT2D eigenvalue weighted by molar-refractivity contribution is 0.0738. The second-order valence-electron chi connectivity index (χ2n) is 6.02. The van der Waals surface area contributed by atoms with Crippen molar-refractivity contribution < 1.29 is 4.79 Å². The van der Waals surface area contributed by atoms with Gasteiger partial charge >= 0.3 is 0 Å². The van der Waals surface area contributed by atoms with Gasteiger partial charge in [0.05, 0.1) is 16.4 Å². The summed E-state index contributed by atoms with van der Waals surface area (Å²) >= 11 is 1.47. The van der Waals surface area contributed by atoms with Crippen molar-refractivity contribution in [3.63, 3.8) is 0 Å². The molecule has 0 bridgehead atoms. The van der Waals surface area contributed by atoms with Crippen molar-refractivity contribution in [3.8, 4) is 11.3 Å². The van der Waals surface area contributed by atoms with E-state index in [1.165, 1.54) is 11.3 Å². The molecule has 1 aliphatic rings. The van der Waals surface area contributed by atoms with E-state index >= 15 is 0 Å². The van der Waals surface area contributed by atoms with Crippen LogP contribution in [0.5, 0.6) is 0 Å². The molecule has 0 radical (unpaired) electrons. The Balaban J connectivity index is 1.65. The monoisotopic (exact) mass is 338 g/mol. The predicted molar refractivity (Wildman–Crippen MR) is 94.1 cm³/mol. The van der Waals surface area contributed by atoms with Crippen LogP contribution in [0, 0.1) is 13.8 Å². The van der Waals surface area contributed by atoms with Crippen LogP contribution in [0.2, 0.25) is 0 Å². The third kappa shape index (κ3) is 2.53. The smallest absolute Gasteiger partial charge is 0.266 e. The quantitative estimate of drug-likeness (QED) is 0.779. The van der Waals surface area contributed by atoms with Crippen molar-refractivity contribution in [2.24, 2.45) is 0 Å². The summed E-state index contributed by atoms with van der Waals surface area (Å²) in [6.07, 6.45) is 0.803. The van der Waals surface area contributed by atoms with Crippen LogP contribution >= 0.6 is 11.3 Å². The third-order valence-corrected chi connectivity index (χ3v) is 5.43. The molecule has 2 aromatic heterocycles. The number of nitrogens with one attached hydrogen (secondary N) is 1. The number of nitrogens with zero attached hydrogens (tertiary/aromatic N) is 3. The lowest BCUT2D eigenvalue weighted by Gasteiger charge is -2.27. The molecule has 24 heavy (non-hydrogen) atoms. The van der Waals surface area contributed by atoms with Gasteiger partial charge in [0.25, 0.3) is 5.91 Å². The average Bonchev–Trinajstić information content (AvgIpc) is 3.17. The van der Waals surface area contributed by atoms with E-state index in [0.29, 0.717) is 13.1 Å². The lowest BCUT2D eigenvalue weighted by Crippen LogP contribution is -2.35. The summed E-state index contributed by atoms with van der Waals surface area (Å²) in [5.41, 5.74) is 5.10. The molecule has 3 aromatic rings. The number of hydrogen-bond donors (Lipinski definition) is 1. The normalized spacial score (nSPS) is 13.8. The number of thiazole rings is 1. The number of H-pyrrole nitrogens is 1. The molecule has 1 aliphatic heterocycles. The van der Waals surface area contributed by atoms with Crippen LogP contribution < -0.4 is 0 Å². The fourth-order valence-electron chi connectivity index (χ4n) is 3.18. The van der Waals surface area contributed by atoms with Gasteiger partial charge in [-0.25, -0.2) is 4.98 Å². The molecular formula is C18H18N4OS. The van der Waals surface area contributed by atoms with Gasteiger partial charge in [-0.2, -0.15) is 5.10 Å². The summed E-state index contributed by atoms with van der Waals surface area (Å²) in [6, 6.07) is 10.1. The first-order valence-corrected chi connectivity index (χ1v) is 8.80. The topological polar surface area (TPSA) is 61.9 Å². The summed E-state index contributed by atoms with van der Waals surface area (Å²) < 4.78 is 0. The van der Waals surface area contributed by atoms with E-state index in [0.717, 1.165) is 44.5 Å². The van der Waals surface area contributed by atoms with Gasteiger partial charge in [0.15, 0.2) is 0 Å². The Labute approximate surface area is 144 Å².